The summed E-state index contributed by atoms with van der Waals surface area (Å²) in [5.41, 5.74) is -1.79. The van der Waals surface area contributed by atoms with Gasteiger partial charge in [-0.25, -0.2) is 8.78 Å². The van der Waals surface area contributed by atoms with Crippen LogP contribution in [0.3, 0.4) is 0 Å². The van der Waals surface area contributed by atoms with E-state index in [4.69, 9.17) is 0 Å². The number of hydrogen-bond donors (Lipinski definition) is 2. The summed E-state index contributed by atoms with van der Waals surface area (Å²) in [6.45, 7) is -0.233. The smallest absolute Gasteiger partial charge is 0.275 e. The van der Waals surface area contributed by atoms with E-state index in [1.165, 1.54) is 0 Å². The van der Waals surface area contributed by atoms with Crippen molar-refractivity contribution in [3.8, 4) is 0 Å². The minimum Gasteiger partial charge on any atom is -0.394 e. The second kappa shape index (κ2) is 5.08. The van der Waals surface area contributed by atoms with Crippen LogP contribution in [0, 0.1) is 21.7 Å². The van der Waals surface area contributed by atoms with Crippen LogP contribution in [0.4, 0.5) is 20.2 Å². The summed E-state index contributed by atoms with van der Waals surface area (Å²) in [7, 11) is 0. The van der Waals surface area contributed by atoms with Crippen LogP contribution >= 0.6 is 0 Å². The Bertz CT molecular complexity index is 479. The van der Waals surface area contributed by atoms with Crippen molar-refractivity contribution in [1.82, 2.24) is 0 Å². The van der Waals surface area contributed by atoms with Crippen molar-refractivity contribution >= 4 is 11.4 Å². The zero-order valence-electron chi connectivity index (χ0n) is 10.2. The van der Waals surface area contributed by atoms with Gasteiger partial charge in [-0.3, -0.25) is 10.1 Å². The van der Waals surface area contributed by atoms with E-state index in [1.807, 2.05) is 0 Å². The number of nitro benzene ring substituents is 1. The fourth-order valence-electron chi connectivity index (χ4n) is 2.42. The Morgan fingerprint density at radius 2 is 1.84 bits per heavy atom. The summed E-state index contributed by atoms with van der Waals surface area (Å²) in [5.74, 6) is -2.04. The highest BCUT2D eigenvalue weighted by molar-refractivity contribution is 5.53. The van der Waals surface area contributed by atoms with Crippen molar-refractivity contribution in [1.29, 1.82) is 0 Å². The molecule has 5 nitrogen and oxygen atoms in total. The molecule has 1 saturated carbocycles. The van der Waals surface area contributed by atoms with E-state index in [0.29, 0.717) is 25.0 Å². The van der Waals surface area contributed by atoms with Gasteiger partial charge in [0.15, 0.2) is 11.6 Å². The van der Waals surface area contributed by atoms with E-state index in [9.17, 15) is 24.0 Å². The number of benzene rings is 1. The summed E-state index contributed by atoms with van der Waals surface area (Å²) >= 11 is 0. The number of nitrogens with zero attached hydrogens (tertiary/aromatic N) is 1. The van der Waals surface area contributed by atoms with Crippen LogP contribution in [0.1, 0.15) is 25.7 Å². The van der Waals surface area contributed by atoms with Crippen molar-refractivity contribution < 1.29 is 18.8 Å². The van der Waals surface area contributed by atoms with E-state index >= 15 is 0 Å². The van der Waals surface area contributed by atoms with Crippen molar-refractivity contribution in [3.05, 3.63) is 33.9 Å². The highest BCUT2D eigenvalue weighted by Crippen LogP contribution is 2.35. The third-order valence-corrected chi connectivity index (χ3v) is 3.49. The lowest BCUT2D eigenvalue weighted by Crippen LogP contribution is -2.39. The molecule has 0 atom stereocenters. The largest absolute Gasteiger partial charge is 0.394 e. The fraction of sp³-hybridized carbons (Fsp3) is 0.500. The van der Waals surface area contributed by atoms with Crippen LogP contribution in [-0.4, -0.2) is 22.2 Å². The van der Waals surface area contributed by atoms with Crippen molar-refractivity contribution in [3.63, 3.8) is 0 Å². The summed E-state index contributed by atoms with van der Waals surface area (Å²) in [6, 6.07) is 1.34. The molecule has 104 valence electrons. The quantitative estimate of drug-likeness (QED) is 0.652. The lowest BCUT2D eigenvalue weighted by atomic mass is 9.98. The Morgan fingerprint density at radius 1 is 1.32 bits per heavy atom. The van der Waals surface area contributed by atoms with Gasteiger partial charge in [-0.2, -0.15) is 0 Å². The van der Waals surface area contributed by atoms with Gasteiger partial charge in [-0.1, -0.05) is 12.8 Å². The molecule has 0 aromatic heterocycles. The van der Waals surface area contributed by atoms with Gasteiger partial charge in [-0.15, -0.1) is 0 Å². The standard InChI is InChI=1S/C12H14F2N2O3/c13-9-5-8(16(18)19)6-10(14)11(9)15-12(7-17)3-1-2-4-12/h5-6,15,17H,1-4,7H2. The van der Waals surface area contributed by atoms with Crippen molar-refractivity contribution in [2.45, 2.75) is 31.2 Å². The Morgan fingerprint density at radius 3 is 2.26 bits per heavy atom. The minimum absolute atomic E-state index is 0.233. The number of nitrogens with one attached hydrogen (secondary N) is 1. The average Bonchev–Trinajstić information content (AvgIpc) is 2.83. The van der Waals surface area contributed by atoms with Crippen molar-refractivity contribution in [2.24, 2.45) is 0 Å². The zero-order chi connectivity index (χ0) is 14.0. The topological polar surface area (TPSA) is 75.4 Å². The summed E-state index contributed by atoms with van der Waals surface area (Å²) in [5, 5.41) is 22.6. The van der Waals surface area contributed by atoms with E-state index < -0.39 is 33.5 Å². The molecule has 0 aliphatic heterocycles. The molecule has 0 bridgehead atoms. The third-order valence-electron chi connectivity index (χ3n) is 3.49. The summed E-state index contributed by atoms with van der Waals surface area (Å²) in [6.07, 6.45) is 2.95. The molecule has 1 aromatic carbocycles. The molecule has 0 amide bonds. The van der Waals surface area contributed by atoms with E-state index in [1.54, 1.807) is 0 Å². The number of aliphatic hydroxyl groups excluding tert-OH is 1. The number of anilines is 1. The number of halogens is 2. The van der Waals surface area contributed by atoms with E-state index in [0.717, 1.165) is 12.8 Å². The SMILES string of the molecule is O=[N+]([O-])c1cc(F)c(NC2(CO)CCCC2)c(F)c1. The van der Waals surface area contributed by atoms with Gasteiger partial charge in [0.1, 0.15) is 5.69 Å². The zero-order valence-corrected chi connectivity index (χ0v) is 10.2. The maximum Gasteiger partial charge on any atom is 0.275 e. The molecule has 2 N–H and O–H groups in total. The van der Waals surface area contributed by atoms with Crippen LogP contribution in [0.25, 0.3) is 0 Å². The average molecular weight is 272 g/mol. The molecule has 1 aliphatic rings. The lowest BCUT2D eigenvalue weighted by Gasteiger charge is -2.29. The number of non-ortho nitro benzene ring substituents is 1. The highest BCUT2D eigenvalue weighted by Gasteiger charge is 2.34. The molecular weight excluding hydrogens is 258 g/mol. The predicted molar refractivity (Wildman–Crippen MR) is 64.9 cm³/mol. The van der Waals surface area contributed by atoms with Gasteiger partial charge in [-0.05, 0) is 12.8 Å². The lowest BCUT2D eigenvalue weighted by molar-refractivity contribution is -0.385. The molecule has 19 heavy (non-hydrogen) atoms. The Labute approximate surface area is 108 Å². The highest BCUT2D eigenvalue weighted by atomic mass is 19.1. The Hall–Kier alpha value is -1.76. The Balaban J connectivity index is 2.32. The molecule has 0 saturated heterocycles. The van der Waals surface area contributed by atoms with Crippen LogP contribution in [0.5, 0.6) is 0 Å². The van der Waals surface area contributed by atoms with Gasteiger partial charge < -0.3 is 10.4 Å². The van der Waals surface area contributed by atoms with Gasteiger partial charge in [0.05, 0.1) is 29.2 Å². The molecule has 2 rings (SSSR count). The first kappa shape index (κ1) is 13.7. The first-order chi connectivity index (χ1) is 8.97. The second-order valence-corrected chi connectivity index (χ2v) is 4.81. The minimum atomic E-state index is -1.02. The number of rotatable bonds is 4. The second-order valence-electron chi connectivity index (χ2n) is 4.81. The fourth-order valence-corrected chi connectivity index (χ4v) is 2.42. The van der Waals surface area contributed by atoms with Crippen molar-refractivity contribution in [2.75, 3.05) is 11.9 Å². The monoisotopic (exact) mass is 272 g/mol. The first-order valence-electron chi connectivity index (χ1n) is 6.00. The van der Waals surface area contributed by atoms with Crippen LogP contribution in [-0.2, 0) is 0 Å². The summed E-state index contributed by atoms with van der Waals surface area (Å²) < 4.78 is 27.5. The van der Waals surface area contributed by atoms with E-state index in [-0.39, 0.29) is 6.61 Å². The number of aliphatic hydroxyl groups is 1. The van der Waals surface area contributed by atoms with Gasteiger partial charge in [0.25, 0.3) is 5.69 Å². The number of nitro groups is 1. The van der Waals surface area contributed by atoms with E-state index in [2.05, 4.69) is 5.32 Å². The maximum atomic E-state index is 13.7. The molecule has 0 radical (unpaired) electrons. The number of hydrogen-bond acceptors (Lipinski definition) is 4. The molecule has 1 fully saturated rings. The van der Waals surface area contributed by atoms with Crippen LogP contribution < -0.4 is 5.32 Å². The van der Waals surface area contributed by atoms with Gasteiger partial charge in [0, 0.05) is 0 Å². The molecular formula is C12H14F2N2O3. The maximum absolute atomic E-state index is 13.7. The normalized spacial score (nSPS) is 17.4. The van der Waals surface area contributed by atoms with Gasteiger partial charge in [0.2, 0.25) is 0 Å². The third kappa shape index (κ3) is 2.65. The molecule has 0 spiro atoms. The molecule has 7 heteroatoms. The predicted octanol–water partition coefficient (Wildman–Crippen LogP) is 2.59. The van der Waals surface area contributed by atoms with Crippen LogP contribution in [0.15, 0.2) is 12.1 Å². The molecule has 1 aromatic rings. The molecule has 0 unspecified atom stereocenters. The summed E-state index contributed by atoms with van der Waals surface area (Å²) in [4.78, 5) is 9.64. The molecule has 0 heterocycles. The first-order valence-corrected chi connectivity index (χ1v) is 6.00. The van der Waals surface area contributed by atoms with Gasteiger partial charge >= 0.3 is 0 Å². The molecule has 1 aliphatic carbocycles. The van der Waals surface area contributed by atoms with Crippen LogP contribution in [0.2, 0.25) is 0 Å². The Kier molecular flexibility index (Phi) is 3.66.